The average Bonchev–Trinajstić information content (AvgIpc) is 2.88. The Hall–Kier alpha value is -3.62. The van der Waals surface area contributed by atoms with Gasteiger partial charge in [0.05, 0.1) is 0 Å². The van der Waals surface area contributed by atoms with Crippen molar-refractivity contribution in [3.63, 3.8) is 0 Å². The molecule has 4 aromatic rings. The van der Waals surface area contributed by atoms with Crippen LogP contribution in [0, 0.1) is 0 Å². The SMILES string of the molecule is NCc1cccc(CNc2ncnc3c(N4CCN(Cc5ccccc5)CC4)ncnc23)c1. The Morgan fingerprint density at radius 1 is 0.758 bits per heavy atom. The molecule has 0 aliphatic carbocycles. The van der Waals surface area contributed by atoms with Crippen molar-refractivity contribution in [2.45, 2.75) is 19.6 Å². The van der Waals surface area contributed by atoms with Crippen molar-refractivity contribution in [2.75, 3.05) is 36.4 Å². The van der Waals surface area contributed by atoms with E-state index in [2.05, 4.69) is 77.5 Å². The number of nitrogens with zero attached hydrogens (tertiary/aromatic N) is 6. The molecule has 1 aliphatic heterocycles. The van der Waals surface area contributed by atoms with E-state index in [4.69, 9.17) is 5.73 Å². The molecule has 0 atom stereocenters. The normalized spacial score (nSPS) is 14.5. The summed E-state index contributed by atoms with van der Waals surface area (Å²) in [6.45, 7) is 5.90. The van der Waals surface area contributed by atoms with Crippen LogP contribution in [0.3, 0.4) is 0 Å². The lowest BCUT2D eigenvalue weighted by Crippen LogP contribution is -2.46. The fourth-order valence-corrected chi connectivity index (χ4v) is 4.24. The van der Waals surface area contributed by atoms with Crippen LogP contribution in [-0.2, 0) is 19.6 Å². The van der Waals surface area contributed by atoms with Gasteiger partial charge in [0.1, 0.15) is 23.7 Å². The molecule has 5 rings (SSSR count). The van der Waals surface area contributed by atoms with Crippen LogP contribution in [0.5, 0.6) is 0 Å². The molecular formula is C25H28N8. The standard InChI is InChI=1S/C25H28N8/c26-14-20-7-4-8-21(13-20)15-27-24-22-23(29-17-30-24)25(31-18-28-22)33-11-9-32(10-12-33)16-19-5-2-1-3-6-19/h1-8,13,17-18H,9-12,14-16,26H2,(H,27,29,30). The molecule has 33 heavy (non-hydrogen) atoms. The van der Waals surface area contributed by atoms with E-state index in [0.717, 1.165) is 60.7 Å². The number of benzene rings is 2. The van der Waals surface area contributed by atoms with Gasteiger partial charge >= 0.3 is 0 Å². The second kappa shape index (κ2) is 9.89. The number of rotatable bonds is 7. The highest BCUT2D eigenvalue weighted by atomic mass is 15.3. The minimum Gasteiger partial charge on any atom is -0.364 e. The molecule has 0 amide bonds. The molecule has 168 valence electrons. The fraction of sp³-hybridized carbons (Fsp3) is 0.280. The molecule has 0 bridgehead atoms. The molecule has 0 saturated carbocycles. The molecule has 3 N–H and O–H groups in total. The second-order valence-corrected chi connectivity index (χ2v) is 8.24. The molecule has 8 nitrogen and oxygen atoms in total. The summed E-state index contributed by atoms with van der Waals surface area (Å²) in [7, 11) is 0. The maximum absolute atomic E-state index is 5.77. The molecule has 0 unspecified atom stereocenters. The highest BCUT2D eigenvalue weighted by Crippen LogP contribution is 2.26. The van der Waals surface area contributed by atoms with Gasteiger partial charge in [-0.2, -0.15) is 0 Å². The zero-order valence-corrected chi connectivity index (χ0v) is 18.6. The summed E-state index contributed by atoms with van der Waals surface area (Å²) >= 11 is 0. The summed E-state index contributed by atoms with van der Waals surface area (Å²) in [6.07, 6.45) is 3.19. The predicted octanol–water partition coefficient (Wildman–Crippen LogP) is 2.81. The molecule has 1 saturated heterocycles. The van der Waals surface area contributed by atoms with Crippen LogP contribution in [0.1, 0.15) is 16.7 Å². The van der Waals surface area contributed by atoms with Gasteiger partial charge < -0.3 is 16.0 Å². The molecule has 1 fully saturated rings. The first-order chi connectivity index (χ1) is 16.3. The largest absolute Gasteiger partial charge is 0.364 e. The van der Waals surface area contributed by atoms with Crippen molar-refractivity contribution in [1.29, 1.82) is 0 Å². The summed E-state index contributed by atoms with van der Waals surface area (Å²) in [4.78, 5) is 22.8. The third-order valence-corrected chi connectivity index (χ3v) is 6.01. The molecule has 3 heterocycles. The van der Waals surface area contributed by atoms with Crippen molar-refractivity contribution < 1.29 is 0 Å². The van der Waals surface area contributed by atoms with Crippen LogP contribution >= 0.6 is 0 Å². The number of aromatic nitrogens is 4. The molecule has 2 aromatic heterocycles. The Morgan fingerprint density at radius 2 is 1.48 bits per heavy atom. The number of piperazine rings is 1. The van der Waals surface area contributed by atoms with E-state index in [9.17, 15) is 0 Å². The van der Waals surface area contributed by atoms with E-state index >= 15 is 0 Å². The zero-order valence-electron chi connectivity index (χ0n) is 18.6. The van der Waals surface area contributed by atoms with Crippen molar-refractivity contribution in [3.8, 4) is 0 Å². The van der Waals surface area contributed by atoms with Crippen LogP contribution in [0.15, 0.2) is 67.3 Å². The lowest BCUT2D eigenvalue weighted by Gasteiger charge is -2.35. The van der Waals surface area contributed by atoms with Gasteiger partial charge in [-0.25, -0.2) is 19.9 Å². The first-order valence-corrected chi connectivity index (χ1v) is 11.3. The average molecular weight is 441 g/mol. The smallest absolute Gasteiger partial charge is 0.158 e. The Kier molecular flexibility index (Phi) is 6.37. The quantitative estimate of drug-likeness (QED) is 0.453. The molecule has 1 aliphatic rings. The topological polar surface area (TPSA) is 96.1 Å². The zero-order chi connectivity index (χ0) is 22.5. The number of fused-ring (bicyclic) bond motifs is 1. The molecule has 0 spiro atoms. The Balaban J connectivity index is 1.30. The molecule has 8 heteroatoms. The first-order valence-electron chi connectivity index (χ1n) is 11.3. The second-order valence-electron chi connectivity index (χ2n) is 8.24. The summed E-state index contributed by atoms with van der Waals surface area (Å²) in [5, 5.41) is 3.41. The summed E-state index contributed by atoms with van der Waals surface area (Å²) in [6, 6.07) is 18.8. The van der Waals surface area contributed by atoms with Crippen LogP contribution in [0.2, 0.25) is 0 Å². The maximum Gasteiger partial charge on any atom is 0.158 e. The lowest BCUT2D eigenvalue weighted by atomic mass is 10.1. The Bertz CT molecular complexity index is 1210. The Morgan fingerprint density at radius 3 is 2.30 bits per heavy atom. The van der Waals surface area contributed by atoms with E-state index in [1.54, 1.807) is 12.7 Å². The van der Waals surface area contributed by atoms with Crippen LogP contribution in [-0.4, -0.2) is 51.0 Å². The van der Waals surface area contributed by atoms with Crippen molar-refractivity contribution >= 4 is 22.7 Å². The molecule has 2 aromatic carbocycles. The number of hydrogen-bond acceptors (Lipinski definition) is 8. The van der Waals surface area contributed by atoms with E-state index in [0.29, 0.717) is 18.9 Å². The number of anilines is 2. The number of nitrogens with two attached hydrogens (primary N) is 1. The Labute approximate surface area is 193 Å². The van der Waals surface area contributed by atoms with Crippen LogP contribution < -0.4 is 16.0 Å². The van der Waals surface area contributed by atoms with E-state index in [1.165, 1.54) is 5.56 Å². The minimum atomic E-state index is 0.527. The van der Waals surface area contributed by atoms with Crippen molar-refractivity contribution in [3.05, 3.63) is 83.9 Å². The van der Waals surface area contributed by atoms with Gasteiger partial charge in [-0.3, -0.25) is 4.90 Å². The van der Waals surface area contributed by atoms with Crippen molar-refractivity contribution in [2.24, 2.45) is 5.73 Å². The fourth-order valence-electron chi connectivity index (χ4n) is 4.24. The van der Waals surface area contributed by atoms with Gasteiger partial charge in [0.15, 0.2) is 11.6 Å². The van der Waals surface area contributed by atoms with Gasteiger partial charge in [-0.05, 0) is 16.7 Å². The monoisotopic (exact) mass is 440 g/mol. The summed E-state index contributed by atoms with van der Waals surface area (Å²) < 4.78 is 0. The number of hydrogen-bond donors (Lipinski definition) is 2. The van der Waals surface area contributed by atoms with Gasteiger partial charge in [0, 0.05) is 45.8 Å². The third kappa shape index (κ3) is 4.92. The summed E-state index contributed by atoms with van der Waals surface area (Å²) in [5.41, 5.74) is 10.9. The van der Waals surface area contributed by atoms with Gasteiger partial charge in [-0.15, -0.1) is 0 Å². The van der Waals surface area contributed by atoms with Crippen LogP contribution in [0.25, 0.3) is 11.0 Å². The van der Waals surface area contributed by atoms with Gasteiger partial charge in [0.2, 0.25) is 0 Å². The highest BCUT2D eigenvalue weighted by Gasteiger charge is 2.21. The van der Waals surface area contributed by atoms with E-state index in [1.807, 2.05) is 12.1 Å². The molecular weight excluding hydrogens is 412 g/mol. The predicted molar refractivity (Wildman–Crippen MR) is 131 cm³/mol. The first kappa shape index (κ1) is 21.2. The van der Waals surface area contributed by atoms with E-state index in [-0.39, 0.29) is 0 Å². The lowest BCUT2D eigenvalue weighted by molar-refractivity contribution is 0.249. The van der Waals surface area contributed by atoms with Gasteiger partial charge in [-0.1, -0.05) is 54.6 Å². The van der Waals surface area contributed by atoms with E-state index < -0.39 is 0 Å². The third-order valence-electron chi connectivity index (χ3n) is 6.01. The van der Waals surface area contributed by atoms with Crippen molar-refractivity contribution in [1.82, 2.24) is 24.8 Å². The number of nitrogens with one attached hydrogen (secondary N) is 1. The maximum atomic E-state index is 5.77. The minimum absolute atomic E-state index is 0.527. The summed E-state index contributed by atoms with van der Waals surface area (Å²) in [5.74, 6) is 1.58. The molecule has 0 radical (unpaired) electrons. The van der Waals surface area contributed by atoms with Crippen LogP contribution in [0.4, 0.5) is 11.6 Å². The van der Waals surface area contributed by atoms with Gasteiger partial charge in [0.25, 0.3) is 0 Å². The highest BCUT2D eigenvalue weighted by molar-refractivity contribution is 5.92.